The number of hydrogen-bond acceptors (Lipinski definition) is 2. The molecule has 0 radical (unpaired) electrons. The molecule has 0 fully saturated rings. The summed E-state index contributed by atoms with van der Waals surface area (Å²) in [6, 6.07) is 0. The van der Waals surface area contributed by atoms with E-state index in [0.717, 1.165) is 18.2 Å². The van der Waals surface area contributed by atoms with Crippen molar-refractivity contribution in [2.75, 3.05) is 0 Å². The molecule has 0 saturated carbocycles. The molecule has 78 valence electrons. The van der Waals surface area contributed by atoms with Gasteiger partial charge in [-0.05, 0) is 38.2 Å². The summed E-state index contributed by atoms with van der Waals surface area (Å²) in [5.41, 5.74) is 2.44. The molecule has 0 atom stereocenters. The normalized spacial score (nSPS) is 10.9. The van der Waals surface area contributed by atoms with E-state index in [4.69, 9.17) is 0 Å². The minimum atomic E-state index is 0.790. The predicted molar refractivity (Wildman–Crippen MR) is 59.3 cm³/mol. The number of rotatable bonds is 4. The van der Waals surface area contributed by atoms with Crippen LogP contribution in [0.3, 0.4) is 0 Å². The van der Waals surface area contributed by atoms with E-state index >= 15 is 0 Å². The van der Waals surface area contributed by atoms with Gasteiger partial charge in [-0.15, -0.1) is 0 Å². The van der Waals surface area contributed by atoms with Crippen LogP contribution in [-0.2, 0) is 6.42 Å². The molecule has 1 rings (SSSR count). The summed E-state index contributed by atoms with van der Waals surface area (Å²) >= 11 is 0. The smallest absolute Gasteiger partial charge is 0.125 e. The Morgan fingerprint density at radius 2 is 2.00 bits per heavy atom. The van der Waals surface area contributed by atoms with E-state index in [0.29, 0.717) is 0 Å². The second kappa shape index (κ2) is 5.08. The van der Waals surface area contributed by atoms with Crippen molar-refractivity contribution < 1.29 is 0 Å². The van der Waals surface area contributed by atoms with Crippen molar-refractivity contribution in [2.24, 2.45) is 5.92 Å². The van der Waals surface area contributed by atoms with Crippen molar-refractivity contribution in [3.8, 4) is 0 Å². The third-order valence-electron chi connectivity index (χ3n) is 2.39. The lowest BCUT2D eigenvalue weighted by Crippen LogP contribution is -2.00. The molecular formula is C12H20N2. The quantitative estimate of drug-likeness (QED) is 0.732. The van der Waals surface area contributed by atoms with Gasteiger partial charge in [-0.25, -0.2) is 9.97 Å². The van der Waals surface area contributed by atoms with Gasteiger partial charge in [0.05, 0.1) is 0 Å². The molecule has 0 bridgehead atoms. The lowest BCUT2D eigenvalue weighted by Gasteiger charge is -2.06. The van der Waals surface area contributed by atoms with Crippen LogP contribution in [0.15, 0.2) is 6.20 Å². The lowest BCUT2D eigenvalue weighted by atomic mass is 10.0. The van der Waals surface area contributed by atoms with Crippen LogP contribution in [0, 0.1) is 19.8 Å². The third-order valence-corrected chi connectivity index (χ3v) is 2.39. The average Bonchev–Trinajstić information content (AvgIpc) is 2.10. The maximum absolute atomic E-state index is 4.46. The number of nitrogens with zero attached hydrogens (tertiary/aromatic N) is 2. The average molecular weight is 192 g/mol. The van der Waals surface area contributed by atoms with Crippen LogP contribution in [0.4, 0.5) is 0 Å². The lowest BCUT2D eigenvalue weighted by molar-refractivity contribution is 0.551. The molecule has 2 heteroatoms. The Bertz CT molecular complexity index is 292. The Kier molecular flexibility index (Phi) is 4.05. The second-order valence-electron chi connectivity index (χ2n) is 4.33. The highest BCUT2D eigenvalue weighted by Gasteiger charge is 2.02. The highest BCUT2D eigenvalue weighted by atomic mass is 14.9. The Morgan fingerprint density at radius 1 is 1.29 bits per heavy atom. The zero-order valence-electron chi connectivity index (χ0n) is 9.67. The third kappa shape index (κ3) is 3.44. The van der Waals surface area contributed by atoms with Crippen molar-refractivity contribution in [1.29, 1.82) is 0 Å². The molecule has 2 nitrogen and oxygen atoms in total. The molecule has 0 amide bonds. The summed E-state index contributed by atoms with van der Waals surface area (Å²) < 4.78 is 0. The minimum Gasteiger partial charge on any atom is -0.241 e. The van der Waals surface area contributed by atoms with Gasteiger partial charge in [0.1, 0.15) is 5.82 Å². The summed E-state index contributed by atoms with van der Waals surface area (Å²) in [5, 5.41) is 0. The Hall–Kier alpha value is -0.920. The zero-order valence-corrected chi connectivity index (χ0v) is 9.67. The molecule has 0 N–H and O–H groups in total. The molecule has 14 heavy (non-hydrogen) atoms. The largest absolute Gasteiger partial charge is 0.241 e. The maximum Gasteiger partial charge on any atom is 0.125 e. The van der Waals surface area contributed by atoms with Crippen LogP contribution in [0.1, 0.15) is 43.8 Å². The van der Waals surface area contributed by atoms with Gasteiger partial charge in [0.15, 0.2) is 0 Å². The van der Waals surface area contributed by atoms with E-state index in [9.17, 15) is 0 Å². The van der Waals surface area contributed by atoms with Gasteiger partial charge in [-0.1, -0.05) is 20.3 Å². The Labute approximate surface area is 86.8 Å². The van der Waals surface area contributed by atoms with Crippen LogP contribution in [0.25, 0.3) is 0 Å². The standard InChI is InChI=1S/C12H20N2/c1-9(2)6-5-7-12-10(3)8-13-11(4)14-12/h8-9H,5-7H2,1-4H3. The molecule has 0 aromatic carbocycles. The molecular weight excluding hydrogens is 172 g/mol. The topological polar surface area (TPSA) is 25.8 Å². The molecule has 1 aromatic heterocycles. The van der Waals surface area contributed by atoms with Crippen molar-refractivity contribution in [1.82, 2.24) is 9.97 Å². The van der Waals surface area contributed by atoms with Gasteiger partial charge in [-0.3, -0.25) is 0 Å². The van der Waals surface area contributed by atoms with E-state index in [-0.39, 0.29) is 0 Å². The number of aryl methyl sites for hydroxylation is 3. The highest BCUT2D eigenvalue weighted by molar-refractivity contribution is 5.15. The molecule has 0 aliphatic heterocycles. The molecule has 1 aromatic rings. The van der Waals surface area contributed by atoms with Crippen molar-refractivity contribution in [3.05, 3.63) is 23.3 Å². The van der Waals surface area contributed by atoms with Crippen LogP contribution in [-0.4, -0.2) is 9.97 Å². The van der Waals surface area contributed by atoms with E-state index in [1.54, 1.807) is 0 Å². The van der Waals surface area contributed by atoms with Crippen molar-refractivity contribution >= 4 is 0 Å². The van der Waals surface area contributed by atoms with Crippen LogP contribution < -0.4 is 0 Å². The fourth-order valence-corrected chi connectivity index (χ4v) is 1.51. The first-order chi connectivity index (χ1) is 6.59. The first kappa shape index (κ1) is 11.2. The summed E-state index contributed by atoms with van der Waals surface area (Å²) in [6.45, 7) is 8.56. The fraction of sp³-hybridized carbons (Fsp3) is 0.667. The molecule has 0 spiro atoms. The van der Waals surface area contributed by atoms with E-state index < -0.39 is 0 Å². The van der Waals surface area contributed by atoms with Gasteiger partial charge in [-0.2, -0.15) is 0 Å². The summed E-state index contributed by atoms with van der Waals surface area (Å²) in [4.78, 5) is 8.63. The van der Waals surface area contributed by atoms with Gasteiger partial charge >= 0.3 is 0 Å². The minimum absolute atomic E-state index is 0.790. The molecule has 0 aliphatic rings. The van der Waals surface area contributed by atoms with E-state index in [1.165, 1.54) is 24.1 Å². The van der Waals surface area contributed by atoms with Gasteiger partial charge < -0.3 is 0 Å². The fourth-order valence-electron chi connectivity index (χ4n) is 1.51. The number of aromatic nitrogens is 2. The Balaban J connectivity index is 2.53. The van der Waals surface area contributed by atoms with Gasteiger partial charge in [0.2, 0.25) is 0 Å². The molecule has 0 unspecified atom stereocenters. The van der Waals surface area contributed by atoms with Crippen LogP contribution >= 0.6 is 0 Å². The monoisotopic (exact) mass is 192 g/mol. The van der Waals surface area contributed by atoms with Crippen LogP contribution in [0.2, 0.25) is 0 Å². The molecule has 1 heterocycles. The Morgan fingerprint density at radius 3 is 2.64 bits per heavy atom. The molecule has 0 aliphatic carbocycles. The van der Waals surface area contributed by atoms with Crippen LogP contribution in [0.5, 0.6) is 0 Å². The van der Waals surface area contributed by atoms with E-state index in [2.05, 4.69) is 30.7 Å². The summed E-state index contributed by atoms with van der Waals surface area (Å²) in [5.74, 6) is 1.67. The summed E-state index contributed by atoms with van der Waals surface area (Å²) in [7, 11) is 0. The number of hydrogen-bond donors (Lipinski definition) is 0. The summed E-state index contributed by atoms with van der Waals surface area (Å²) in [6.07, 6.45) is 5.53. The highest BCUT2D eigenvalue weighted by Crippen LogP contribution is 2.11. The molecule has 0 saturated heterocycles. The SMILES string of the molecule is Cc1ncc(C)c(CCCC(C)C)n1. The first-order valence-corrected chi connectivity index (χ1v) is 5.38. The van der Waals surface area contributed by atoms with Gasteiger partial charge in [0, 0.05) is 11.9 Å². The van der Waals surface area contributed by atoms with E-state index in [1.807, 2.05) is 13.1 Å². The van der Waals surface area contributed by atoms with Gasteiger partial charge in [0.25, 0.3) is 0 Å². The second-order valence-corrected chi connectivity index (χ2v) is 4.33. The maximum atomic E-state index is 4.46. The van der Waals surface area contributed by atoms with Crippen molar-refractivity contribution in [3.63, 3.8) is 0 Å². The first-order valence-electron chi connectivity index (χ1n) is 5.38. The zero-order chi connectivity index (χ0) is 10.6. The predicted octanol–water partition coefficient (Wildman–Crippen LogP) is 3.07. The van der Waals surface area contributed by atoms with Crippen molar-refractivity contribution in [2.45, 2.75) is 47.0 Å².